The molecule has 1 saturated heterocycles. The van der Waals surface area contributed by atoms with Gasteiger partial charge in [-0.15, -0.1) is 0 Å². The number of methoxy groups -OCH3 is 2. The predicted octanol–water partition coefficient (Wildman–Crippen LogP) is 2.72. The summed E-state index contributed by atoms with van der Waals surface area (Å²) in [7, 11) is 3.23. The molecule has 28 heavy (non-hydrogen) atoms. The van der Waals surface area contributed by atoms with Gasteiger partial charge < -0.3 is 24.8 Å². The number of carboxylic acids is 1. The van der Waals surface area contributed by atoms with Crippen molar-refractivity contribution in [2.45, 2.75) is 26.3 Å². The summed E-state index contributed by atoms with van der Waals surface area (Å²) in [6, 6.07) is 7.69. The second kappa shape index (κ2) is 8.77. The molecular formula is C20H26N4O4. The van der Waals surface area contributed by atoms with Crippen molar-refractivity contribution in [1.29, 1.82) is 0 Å². The van der Waals surface area contributed by atoms with Crippen molar-refractivity contribution in [2.75, 3.05) is 37.5 Å². The van der Waals surface area contributed by atoms with Crippen molar-refractivity contribution in [2.24, 2.45) is 5.92 Å². The maximum Gasteiger partial charge on any atom is 0.306 e. The molecule has 3 rings (SSSR count). The molecule has 1 aliphatic rings. The van der Waals surface area contributed by atoms with Crippen LogP contribution >= 0.6 is 0 Å². The highest BCUT2D eigenvalue weighted by atomic mass is 16.5. The molecule has 0 saturated carbocycles. The first-order valence-electron chi connectivity index (χ1n) is 9.28. The lowest BCUT2D eigenvalue weighted by Gasteiger charge is -2.31. The minimum atomic E-state index is -0.712. The van der Waals surface area contributed by atoms with E-state index in [1.165, 1.54) is 0 Å². The van der Waals surface area contributed by atoms with Gasteiger partial charge in [-0.25, -0.2) is 9.97 Å². The number of carboxylic acid groups (broad SMARTS) is 1. The lowest BCUT2D eigenvalue weighted by atomic mass is 9.97. The van der Waals surface area contributed by atoms with E-state index in [-0.39, 0.29) is 5.92 Å². The second-order valence-corrected chi connectivity index (χ2v) is 6.80. The Morgan fingerprint density at radius 1 is 1.18 bits per heavy atom. The number of aryl methyl sites for hydroxylation is 1. The standard InChI is InChI=1S/C20H26N4O4/c1-13-22-18(21-12-14-4-5-16(27-2)17(10-14)28-3)11-19(23-13)24-8-6-15(7-9-24)20(25)26/h4-5,10-11,15H,6-9,12H2,1-3H3,(H,25,26)(H,21,22,23). The number of piperidine rings is 1. The number of aliphatic carboxylic acids is 1. The van der Waals surface area contributed by atoms with Gasteiger partial charge in [0.15, 0.2) is 11.5 Å². The van der Waals surface area contributed by atoms with Crippen LogP contribution in [-0.4, -0.2) is 48.4 Å². The van der Waals surface area contributed by atoms with E-state index >= 15 is 0 Å². The molecule has 0 radical (unpaired) electrons. The molecule has 0 atom stereocenters. The van der Waals surface area contributed by atoms with E-state index in [0.29, 0.717) is 49.8 Å². The zero-order chi connectivity index (χ0) is 20.1. The van der Waals surface area contributed by atoms with Crippen LogP contribution in [0.3, 0.4) is 0 Å². The SMILES string of the molecule is COc1ccc(CNc2cc(N3CCC(C(=O)O)CC3)nc(C)n2)cc1OC. The van der Waals surface area contributed by atoms with Crippen LogP contribution < -0.4 is 19.7 Å². The molecule has 0 aliphatic carbocycles. The zero-order valence-electron chi connectivity index (χ0n) is 16.4. The summed E-state index contributed by atoms with van der Waals surface area (Å²) in [6.45, 7) is 3.80. The van der Waals surface area contributed by atoms with Crippen LogP contribution in [0.5, 0.6) is 11.5 Å². The highest BCUT2D eigenvalue weighted by molar-refractivity contribution is 5.70. The van der Waals surface area contributed by atoms with Crippen LogP contribution in [0.1, 0.15) is 24.2 Å². The highest BCUT2D eigenvalue weighted by Crippen LogP contribution is 2.28. The van der Waals surface area contributed by atoms with Gasteiger partial charge in [-0.05, 0) is 37.5 Å². The molecule has 2 N–H and O–H groups in total. The van der Waals surface area contributed by atoms with Crippen molar-refractivity contribution in [3.05, 3.63) is 35.7 Å². The molecule has 0 spiro atoms. The Morgan fingerprint density at radius 3 is 2.54 bits per heavy atom. The normalized spacial score (nSPS) is 14.6. The molecular weight excluding hydrogens is 360 g/mol. The summed E-state index contributed by atoms with van der Waals surface area (Å²) < 4.78 is 10.6. The fourth-order valence-electron chi connectivity index (χ4n) is 3.34. The minimum Gasteiger partial charge on any atom is -0.493 e. The van der Waals surface area contributed by atoms with E-state index in [2.05, 4.69) is 20.2 Å². The molecule has 1 aromatic carbocycles. The Kier molecular flexibility index (Phi) is 6.18. The van der Waals surface area contributed by atoms with Crippen LogP contribution in [0, 0.1) is 12.8 Å². The van der Waals surface area contributed by atoms with E-state index in [0.717, 1.165) is 17.2 Å². The third-order valence-corrected chi connectivity index (χ3v) is 4.91. The second-order valence-electron chi connectivity index (χ2n) is 6.80. The lowest BCUT2D eigenvalue weighted by molar-refractivity contribution is -0.142. The maximum atomic E-state index is 11.1. The first kappa shape index (κ1) is 19.7. The van der Waals surface area contributed by atoms with Gasteiger partial charge in [-0.3, -0.25) is 4.79 Å². The van der Waals surface area contributed by atoms with E-state index in [1.807, 2.05) is 31.2 Å². The van der Waals surface area contributed by atoms with E-state index < -0.39 is 5.97 Å². The summed E-state index contributed by atoms with van der Waals surface area (Å²) in [5, 5.41) is 12.5. The Balaban J connectivity index is 1.68. The number of hydrogen-bond acceptors (Lipinski definition) is 7. The van der Waals surface area contributed by atoms with Gasteiger partial charge in [0.2, 0.25) is 0 Å². The smallest absolute Gasteiger partial charge is 0.306 e. The molecule has 0 unspecified atom stereocenters. The Labute approximate surface area is 164 Å². The van der Waals surface area contributed by atoms with Gasteiger partial charge in [0.1, 0.15) is 17.5 Å². The number of benzene rings is 1. The van der Waals surface area contributed by atoms with Crippen LogP contribution in [0.2, 0.25) is 0 Å². The summed E-state index contributed by atoms with van der Waals surface area (Å²) >= 11 is 0. The predicted molar refractivity (Wildman–Crippen MR) is 106 cm³/mol. The molecule has 1 aliphatic heterocycles. The fraction of sp³-hybridized carbons (Fsp3) is 0.450. The molecule has 1 fully saturated rings. The Bertz CT molecular complexity index is 835. The molecule has 8 nitrogen and oxygen atoms in total. The van der Waals surface area contributed by atoms with Gasteiger partial charge in [0, 0.05) is 25.7 Å². The quantitative estimate of drug-likeness (QED) is 0.750. The molecule has 0 amide bonds. The first-order chi connectivity index (χ1) is 13.5. The average Bonchev–Trinajstić information content (AvgIpc) is 2.71. The number of carbonyl (C=O) groups is 1. The summed E-state index contributed by atoms with van der Waals surface area (Å²) in [6.07, 6.45) is 1.26. The van der Waals surface area contributed by atoms with Gasteiger partial charge in [0.25, 0.3) is 0 Å². The van der Waals surface area contributed by atoms with Crippen molar-refractivity contribution >= 4 is 17.6 Å². The number of aromatic nitrogens is 2. The summed E-state index contributed by atoms with van der Waals surface area (Å²) in [4.78, 5) is 22.2. The number of rotatable bonds is 7. The molecule has 8 heteroatoms. The Morgan fingerprint density at radius 2 is 1.89 bits per heavy atom. The Hall–Kier alpha value is -3.03. The van der Waals surface area contributed by atoms with Gasteiger partial charge in [-0.1, -0.05) is 6.07 Å². The molecule has 1 aromatic heterocycles. The first-order valence-corrected chi connectivity index (χ1v) is 9.28. The lowest BCUT2D eigenvalue weighted by Crippen LogP contribution is -2.36. The summed E-state index contributed by atoms with van der Waals surface area (Å²) in [5.74, 6) is 2.63. The van der Waals surface area contributed by atoms with Crippen LogP contribution in [0.25, 0.3) is 0 Å². The van der Waals surface area contributed by atoms with Crippen LogP contribution in [0.4, 0.5) is 11.6 Å². The van der Waals surface area contributed by atoms with Crippen molar-refractivity contribution in [3.63, 3.8) is 0 Å². The average molecular weight is 386 g/mol. The number of anilines is 2. The van der Waals surface area contributed by atoms with Crippen molar-refractivity contribution in [1.82, 2.24) is 9.97 Å². The van der Waals surface area contributed by atoms with Gasteiger partial charge in [-0.2, -0.15) is 0 Å². The van der Waals surface area contributed by atoms with E-state index in [1.54, 1.807) is 14.2 Å². The molecule has 2 aromatic rings. The minimum absolute atomic E-state index is 0.262. The van der Waals surface area contributed by atoms with E-state index in [9.17, 15) is 4.79 Å². The fourth-order valence-corrected chi connectivity index (χ4v) is 3.34. The largest absolute Gasteiger partial charge is 0.493 e. The monoisotopic (exact) mass is 386 g/mol. The third-order valence-electron chi connectivity index (χ3n) is 4.91. The molecule has 150 valence electrons. The number of ether oxygens (including phenoxy) is 2. The highest BCUT2D eigenvalue weighted by Gasteiger charge is 2.25. The third kappa shape index (κ3) is 4.62. The van der Waals surface area contributed by atoms with Crippen molar-refractivity contribution in [3.8, 4) is 11.5 Å². The number of nitrogens with zero attached hydrogens (tertiary/aromatic N) is 3. The van der Waals surface area contributed by atoms with Gasteiger partial charge in [0.05, 0.1) is 20.1 Å². The van der Waals surface area contributed by atoms with Crippen LogP contribution in [0.15, 0.2) is 24.3 Å². The molecule has 2 heterocycles. The zero-order valence-corrected chi connectivity index (χ0v) is 16.4. The summed E-state index contributed by atoms with van der Waals surface area (Å²) in [5.41, 5.74) is 1.04. The van der Waals surface area contributed by atoms with Crippen LogP contribution in [-0.2, 0) is 11.3 Å². The number of nitrogens with one attached hydrogen (secondary N) is 1. The van der Waals surface area contributed by atoms with E-state index in [4.69, 9.17) is 14.6 Å². The topological polar surface area (TPSA) is 96.8 Å². The number of hydrogen-bond donors (Lipinski definition) is 2. The molecule has 0 bridgehead atoms. The maximum absolute atomic E-state index is 11.1. The van der Waals surface area contributed by atoms with Crippen molar-refractivity contribution < 1.29 is 19.4 Å². The van der Waals surface area contributed by atoms with Gasteiger partial charge >= 0.3 is 5.97 Å².